The van der Waals surface area contributed by atoms with Gasteiger partial charge in [-0.3, -0.25) is 0 Å². The zero-order valence-corrected chi connectivity index (χ0v) is 5.96. The van der Waals surface area contributed by atoms with Gasteiger partial charge in [-0.1, -0.05) is 6.92 Å². The number of likely N-dealkylation sites (N-methyl/N-ethyl adjacent to an activating group) is 1. The maximum atomic E-state index is 9.13. The highest BCUT2D eigenvalue weighted by molar-refractivity contribution is 5.01. The van der Waals surface area contributed by atoms with E-state index >= 15 is 0 Å². The molecule has 0 radical (unpaired) electrons. The van der Waals surface area contributed by atoms with Crippen LogP contribution in [-0.4, -0.2) is 30.1 Å². The van der Waals surface area contributed by atoms with Crippen molar-refractivity contribution in [2.45, 2.75) is 6.92 Å². The van der Waals surface area contributed by atoms with E-state index in [1.54, 1.807) is 0 Å². The number of rotatable bonds is 0. The molecule has 0 saturated carbocycles. The Hall–Kier alpha value is -0.500. The van der Waals surface area contributed by atoms with Crippen molar-refractivity contribution >= 4 is 0 Å². The van der Waals surface area contributed by atoms with Crippen LogP contribution >= 0.6 is 0 Å². The fraction of sp³-hybridized carbons (Fsp3) is 0.714. The van der Waals surface area contributed by atoms with Crippen molar-refractivity contribution in [2.75, 3.05) is 20.1 Å². The molecule has 52 valence electrons. The van der Waals surface area contributed by atoms with E-state index < -0.39 is 0 Å². The third-order valence-electron chi connectivity index (χ3n) is 1.70. The predicted octanol–water partition coefficient (Wildman–Crippen LogP) is 1.01. The van der Waals surface area contributed by atoms with E-state index in [4.69, 9.17) is 5.11 Å². The quantitative estimate of drug-likeness (QED) is 0.525. The Morgan fingerprint density at radius 2 is 2.44 bits per heavy atom. The lowest BCUT2D eigenvalue weighted by Gasteiger charge is -2.24. The zero-order valence-electron chi connectivity index (χ0n) is 5.96. The number of nitrogens with zero attached hydrogens (tertiary/aromatic N) is 1. The molecule has 1 unspecified atom stereocenters. The lowest BCUT2D eigenvalue weighted by molar-refractivity contribution is 0.240. The van der Waals surface area contributed by atoms with Crippen LogP contribution in [0.25, 0.3) is 0 Å². The van der Waals surface area contributed by atoms with Crippen LogP contribution in [0.1, 0.15) is 6.92 Å². The van der Waals surface area contributed by atoms with E-state index in [0.29, 0.717) is 11.7 Å². The fourth-order valence-electron chi connectivity index (χ4n) is 1.09. The molecule has 0 aliphatic carbocycles. The summed E-state index contributed by atoms with van der Waals surface area (Å²) in [6.07, 6.45) is 1.87. The Morgan fingerprint density at radius 3 is 2.89 bits per heavy atom. The van der Waals surface area contributed by atoms with Crippen LogP contribution in [0.3, 0.4) is 0 Å². The van der Waals surface area contributed by atoms with E-state index in [2.05, 4.69) is 11.9 Å². The summed E-state index contributed by atoms with van der Waals surface area (Å²) in [5.41, 5.74) is 0. The minimum Gasteiger partial charge on any atom is -0.512 e. The molecule has 0 aromatic rings. The van der Waals surface area contributed by atoms with Gasteiger partial charge in [-0.05, 0) is 13.1 Å². The average molecular weight is 127 g/mol. The molecule has 0 fully saturated rings. The van der Waals surface area contributed by atoms with Gasteiger partial charge in [0.15, 0.2) is 0 Å². The highest BCUT2D eigenvalue weighted by Gasteiger charge is 2.14. The second-order valence-corrected chi connectivity index (χ2v) is 2.75. The summed E-state index contributed by atoms with van der Waals surface area (Å²) in [7, 11) is 2.06. The smallest absolute Gasteiger partial charge is 0.0936 e. The first-order valence-corrected chi connectivity index (χ1v) is 3.27. The van der Waals surface area contributed by atoms with Crippen LogP contribution in [0.2, 0.25) is 0 Å². The van der Waals surface area contributed by atoms with E-state index in [0.717, 1.165) is 13.1 Å². The van der Waals surface area contributed by atoms with Crippen molar-refractivity contribution in [1.82, 2.24) is 4.90 Å². The minimum atomic E-state index is 0.323. The van der Waals surface area contributed by atoms with Crippen LogP contribution in [0.5, 0.6) is 0 Å². The molecule has 0 amide bonds. The monoisotopic (exact) mass is 127 g/mol. The Bertz CT molecular complexity index is 131. The maximum Gasteiger partial charge on any atom is 0.0936 e. The van der Waals surface area contributed by atoms with Crippen molar-refractivity contribution < 1.29 is 5.11 Å². The van der Waals surface area contributed by atoms with Gasteiger partial charge in [0.1, 0.15) is 0 Å². The molecule has 0 aromatic carbocycles. The summed E-state index contributed by atoms with van der Waals surface area (Å²) in [6.45, 7) is 3.89. The third-order valence-corrected chi connectivity index (χ3v) is 1.70. The Balaban J connectivity index is 2.56. The molecule has 2 heteroatoms. The van der Waals surface area contributed by atoms with Gasteiger partial charge in [0, 0.05) is 19.0 Å². The van der Waals surface area contributed by atoms with Gasteiger partial charge in [0.2, 0.25) is 0 Å². The molecule has 2 nitrogen and oxygen atoms in total. The Morgan fingerprint density at radius 1 is 1.78 bits per heavy atom. The number of aliphatic hydroxyl groups excluding tert-OH is 1. The molecule has 9 heavy (non-hydrogen) atoms. The standard InChI is InChI=1S/C7H13NO/c1-6-5-8(2)4-3-7(6)9/h3,6,9H,4-5H2,1-2H3. The Labute approximate surface area is 55.8 Å². The fourth-order valence-corrected chi connectivity index (χ4v) is 1.09. The predicted molar refractivity (Wildman–Crippen MR) is 37.4 cm³/mol. The Kier molecular flexibility index (Phi) is 1.76. The summed E-state index contributed by atoms with van der Waals surface area (Å²) in [5, 5.41) is 9.13. The maximum absolute atomic E-state index is 9.13. The van der Waals surface area contributed by atoms with Crippen molar-refractivity contribution in [1.29, 1.82) is 0 Å². The largest absolute Gasteiger partial charge is 0.512 e. The van der Waals surface area contributed by atoms with Gasteiger partial charge in [-0.15, -0.1) is 0 Å². The van der Waals surface area contributed by atoms with Crippen LogP contribution in [-0.2, 0) is 0 Å². The lowest BCUT2D eigenvalue weighted by atomic mass is 10.1. The van der Waals surface area contributed by atoms with E-state index in [1.165, 1.54) is 0 Å². The average Bonchev–Trinajstić information content (AvgIpc) is 1.80. The van der Waals surface area contributed by atoms with Gasteiger partial charge in [0.25, 0.3) is 0 Å². The SMILES string of the molecule is CC1CN(C)CC=C1O. The molecule has 1 rings (SSSR count). The molecule has 0 spiro atoms. The highest BCUT2D eigenvalue weighted by atomic mass is 16.3. The third kappa shape index (κ3) is 1.45. The summed E-state index contributed by atoms with van der Waals surface area (Å²) < 4.78 is 0. The van der Waals surface area contributed by atoms with Gasteiger partial charge < -0.3 is 10.0 Å². The second kappa shape index (κ2) is 2.40. The first-order valence-electron chi connectivity index (χ1n) is 3.27. The van der Waals surface area contributed by atoms with Crippen molar-refractivity contribution in [2.24, 2.45) is 5.92 Å². The number of hydrogen-bond donors (Lipinski definition) is 1. The van der Waals surface area contributed by atoms with Crippen LogP contribution in [0, 0.1) is 5.92 Å². The molecule has 1 aliphatic heterocycles. The molecule has 1 aliphatic rings. The molecule has 0 aromatic heterocycles. The highest BCUT2D eigenvalue weighted by Crippen LogP contribution is 2.12. The van der Waals surface area contributed by atoms with Gasteiger partial charge in [0.05, 0.1) is 5.76 Å². The van der Waals surface area contributed by atoms with Crippen molar-refractivity contribution in [3.8, 4) is 0 Å². The number of hydrogen-bond acceptors (Lipinski definition) is 2. The van der Waals surface area contributed by atoms with Crippen LogP contribution in [0.15, 0.2) is 11.8 Å². The molecule has 1 atom stereocenters. The lowest BCUT2D eigenvalue weighted by Crippen LogP contribution is -2.29. The summed E-state index contributed by atoms with van der Waals surface area (Å²) in [5.74, 6) is 0.872. The second-order valence-electron chi connectivity index (χ2n) is 2.75. The van der Waals surface area contributed by atoms with E-state index in [9.17, 15) is 0 Å². The molecule has 0 bridgehead atoms. The van der Waals surface area contributed by atoms with E-state index in [1.807, 2.05) is 13.0 Å². The first-order chi connectivity index (χ1) is 4.20. The molecule has 1 heterocycles. The van der Waals surface area contributed by atoms with Crippen LogP contribution in [0.4, 0.5) is 0 Å². The molecular weight excluding hydrogens is 114 g/mol. The van der Waals surface area contributed by atoms with Crippen LogP contribution < -0.4 is 0 Å². The van der Waals surface area contributed by atoms with Gasteiger partial charge in [-0.25, -0.2) is 0 Å². The van der Waals surface area contributed by atoms with Gasteiger partial charge >= 0.3 is 0 Å². The van der Waals surface area contributed by atoms with E-state index in [-0.39, 0.29) is 0 Å². The summed E-state index contributed by atoms with van der Waals surface area (Å²) >= 11 is 0. The van der Waals surface area contributed by atoms with Gasteiger partial charge in [-0.2, -0.15) is 0 Å². The van der Waals surface area contributed by atoms with Crippen molar-refractivity contribution in [3.05, 3.63) is 11.8 Å². The first kappa shape index (κ1) is 6.62. The summed E-state index contributed by atoms with van der Waals surface area (Å²) in [4.78, 5) is 2.18. The topological polar surface area (TPSA) is 23.5 Å². The molecule has 1 N–H and O–H groups in total. The molecule has 0 saturated heterocycles. The summed E-state index contributed by atoms with van der Waals surface area (Å²) in [6, 6.07) is 0. The van der Waals surface area contributed by atoms with Crippen molar-refractivity contribution in [3.63, 3.8) is 0 Å². The minimum absolute atomic E-state index is 0.323. The number of aliphatic hydroxyl groups is 1. The zero-order chi connectivity index (χ0) is 6.85. The normalized spacial score (nSPS) is 30.0. The molecular formula is C7H13NO.